The highest BCUT2D eigenvalue weighted by atomic mass is 19.4. The number of halogens is 3. The number of ether oxygens (including phenoxy) is 2. The molecule has 0 atom stereocenters. The first kappa shape index (κ1) is 18.3. The van der Waals surface area contributed by atoms with Crippen LogP contribution < -0.4 is 15.8 Å². The standard InChI is InChI=1S/C15H14F3N5O2/c16-15(17,18)25-6-5-24-14-22-9-12(20)13(23-14)21-8-11-3-1-10(7-19)2-4-11/h1-4,9H,5-6,8,20H2,(H,21,22,23). The van der Waals surface area contributed by atoms with Gasteiger partial charge in [-0.3, -0.25) is 4.74 Å². The maximum atomic E-state index is 11.9. The number of anilines is 2. The molecule has 0 saturated carbocycles. The lowest BCUT2D eigenvalue weighted by Crippen LogP contribution is -2.18. The Balaban J connectivity index is 1.90. The van der Waals surface area contributed by atoms with Crippen molar-refractivity contribution in [1.82, 2.24) is 9.97 Å². The first-order valence-electron chi connectivity index (χ1n) is 7.06. The molecule has 2 rings (SSSR count). The first-order valence-corrected chi connectivity index (χ1v) is 7.06. The molecule has 132 valence electrons. The van der Waals surface area contributed by atoms with Gasteiger partial charge in [-0.05, 0) is 17.7 Å². The highest BCUT2D eigenvalue weighted by Gasteiger charge is 2.28. The van der Waals surface area contributed by atoms with Crippen LogP contribution in [0.1, 0.15) is 11.1 Å². The van der Waals surface area contributed by atoms with Crippen molar-refractivity contribution in [2.75, 3.05) is 24.3 Å². The monoisotopic (exact) mass is 353 g/mol. The Morgan fingerprint density at radius 1 is 1.20 bits per heavy atom. The van der Waals surface area contributed by atoms with Crippen molar-refractivity contribution in [3.05, 3.63) is 41.6 Å². The zero-order chi connectivity index (χ0) is 18.3. The third-order valence-corrected chi connectivity index (χ3v) is 2.92. The van der Waals surface area contributed by atoms with E-state index in [9.17, 15) is 13.2 Å². The number of nitriles is 1. The second kappa shape index (κ2) is 8.16. The maximum absolute atomic E-state index is 11.9. The second-order valence-electron chi connectivity index (χ2n) is 4.76. The molecule has 25 heavy (non-hydrogen) atoms. The summed E-state index contributed by atoms with van der Waals surface area (Å²) in [5.74, 6) is 0.283. The summed E-state index contributed by atoms with van der Waals surface area (Å²) in [7, 11) is 0. The number of nitrogens with zero attached hydrogens (tertiary/aromatic N) is 3. The summed E-state index contributed by atoms with van der Waals surface area (Å²) in [6.07, 6.45) is -3.42. The SMILES string of the molecule is N#Cc1ccc(CNc2nc(OCCOC(F)(F)F)ncc2N)cc1. The van der Waals surface area contributed by atoms with Gasteiger partial charge in [0, 0.05) is 6.54 Å². The summed E-state index contributed by atoms with van der Waals surface area (Å²) in [6.45, 7) is -0.659. The van der Waals surface area contributed by atoms with Crippen molar-refractivity contribution in [2.24, 2.45) is 0 Å². The molecule has 1 aromatic heterocycles. The van der Waals surface area contributed by atoms with Crippen molar-refractivity contribution >= 4 is 11.5 Å². The molecular weight excluding hydrogens is 339 g/mol. The van der Waals surface area contributed by atoms with Crippen LogP contribution >= 0.6 is 0 Å². The average molecular weight is 353 g/mol. The van der Waals surface area contributed by atoms with Gasteiger partial charge in [-0.15, -0.1) is 13.2 Å². The summed E-state index contributed by atoms with van der Waals surface area (Å²) in [4.78, 5) is 7.78. The lowest BCUT2D eigenvalue weighted by Gasteiger charge is -2.11. The molecule has 10 heteroatoms. The number of aromatic nitrogens is 2. The van der Waals surface area contributed by atoms with E-state index in [0.29, 0.717) is 12.1 Å². The Hall–Kier alpha value is -3.06. The zero-order valence-corrected chi connectivity index (χ0v) is 12.9. The number of hydrogen-bond donors (Lipinski definition) is 2. The van der Waals surface area contributed by atoms with E-state index in [2.05, 4.69) is 20.0 Å². The molecule has 0 fully saturated rings. The predicted octanol–water partition coefficient (Wildman–Crippen LogP) is 2.46. The van der Waals surface area contributed by atoms with Crippen molar-refractivity contribution < 1.29 is 22.6 Å². The van der Waals surface area contributed by atoms with Gasteiger partial charge in [-0.25, -0.2) is 4.98 Å². The molecule has 1 aromatic carbocycles. The van der Waals surface area contributed by atoms with Gasteiger partial charge in [0.1, 0.15) is 6.61 Å². The van der Waals surface area contributed by atoms with Gasteiger partial charge in [0.25, 0.3) is 0 Å². The van der Waals surface area contributed by atoms with Crippen LogP contribution in [-0.4, -0.2) is 29.5 Å². The minimum Gasteiger partial charge on any atom is -0.461 e. The molecule has 2 aromatic rings. The van der Waals surface area contributed by atoms with Crippen molar-refractivity contribution in [2.45, 2.75) is 12.9 Å². The van der Waals surface area contributed by atoms with Gasteiger partial charge >= 0.3 is 12.4 Å². The van der Waals surface area contributed by atoms with Crippen LogP contribution in [-0.2, 0) is 11.3 Å². The molecule has 0 radical (unpaired) electrons. The van der Waals surface area contributed by atoms with E-state index in [0.717, 1.165) is 5.56 Å². The molecule has 0 spiro atoms. The summed E-state index contributed by atoms with van der Waals surface area (Å²) in [5.41, 5.74) is 7.44. The quantitative estimate of drug-likeness (QED) is 0.737. The maximum Gasteiger partial charge on any atom is 0.522 e. The number of nitrogens with one attached hydrogen (secondary N) is 1. The summed E-state index contributed by atoms with van der Waals surface area (Å²) in [6, 6.07) is 8.79. The van der Waals surface area contributed by atoms with Crippen LogP contribution in [0.2, 0.25) is 0 Å². The lowest BCUT2D eigenvalue weighted by molar-refractivity contribution is -0.325. The van der Waals surface area contributed by atoms with Crippen LogP contribution in [0.5, 0.6) is 6.01 Å². The highest BCUT2D eigenvalue weighted by Crippen LogP contribution is 2.19. The van der Waals surface area contributed by atoms with E-state index < -0.39 is 13.0 Å². The minimum absolute atomic E-state index is 0.123. The normalized spacial score (nSPS) is 11.0. The van der Waals surface area contributed by atoms with Crippen molar-refractivity contribution in [1.29, 1.82) is 5.26 Å². The second-order valence-corrected chi connectivity index (χ2v) is 4.76. The number of nitrogens with two attached hydrogens (primary N) is 1. The molecule has 0 aliphatic heterocycles. The topological polar surface area (TPSA) is 106 Å². The summed E-state index contributed by atoms with van der Waals surface area (Å²) >= 11 is 0. The van der Waals surface area contributed by atoms with Gasteiger partial charge in [-0.2, -0.15) is 10.2 Å². The number of benzene rings is 1. The van der Waals surface area contributed by atoms with Gasteiger partial charge in [0.05, 0.1) is 30.1 Å². The van der Waals surface area contributed by atoms with E-state index in [4.69, 9.17) is 15.7 Å². The molecule has 0 bridgehead atoms. The number of nitrogen functional groups attached to an aromatic ring is 1. The van der Waals surface area contributed by atoms with Crippen molar-refractivity contribution in [3.63, 3.8) is 0 Å². The first-order chi connectivity index (χ1) is 11.9. The van der Waals surface area contributed by atoms with Crippen LogP contribution in [0.3, 0.4) is 0 Å². The largest absolute Gasteiger partial charge is 0.522 e. The molecule has 1 heterocycles. The van der Waals surface area contributed by atoms with Gasteiger partial charge in [0.15, 0.2) is 5.82 Å². The molecule has 0 unspecified atom stereocenters. The van der Waals surface area contributed by atoms with E-state index in [1.54, 1.807) is 24.3 Å². The Morgan fingerprint density at radius 3 is 2.56 bits per heavy atom. The fourth-order valence-corrected chi connectivity index (χ4v) is 1.76. The smallest absolute Gasteiger partial charge is 0.461 e. The summed E-state index contributed by atoms with van der Waals surface area (Å²) < 4.78 is 44.1. The van der Waals surface area contributed by atoms with E-state index >= 15 is 0 Å². The molecule has 0 amide bonds. The van der Waals surface area contributed by atoms with Crippen LogP contribution in [0.25, 0.3) is 0 Å². The van der Waals surface area contributed by atoms with E-state index in [1.807, 2.05) is 6.07 Å². The van der Waals surface area contributed by atoms with Gasteiger partial charge in [0.2, 0.25) is 0 Å². The van der Waals surface area contributed by atoms with E-state index in [1.165, 1.54) is 6.20 Å². The van der Waals surface area contributed by atoms with E-state index in [-0.39, 0.29) is 24.1 Å². The third kappa shape index (κ3) is 6.15. The number of hydrogen-bond acceptors (Lipinski definition) is 7. The molecule has 3 N–H and O–H groups in total. The Bertz CT molecular complexity index is 744. The molecule has 0 aliphatic rings. The zero-order valence-electron chi connectivity index (χ0n) is 12.9. The van der Waals surface area contributed by atoms with Crippen LogP contribution in [0, 0.1) is 11.3 Å². The van der Waals surface area contributed by atoms with Crippen LogP contribution in [0.4, 0.5) is 24.7 Å². The van der Waals surface area contributed by atoms with Crippen molar-refractivity contribution in [3.8, 4) is 12.1 Å². The fraction of sp³-hybridized carbons (Fsp3) is 0.267. The average Bonchev–Trinajstić information content (AvgIpc) is 2.58. The van der Waals surface area contributed by atoms with Crippen LogP contribution in [0.15, 0.2) is 30.5 Å². The predicted molar refractivity (Wildman–Crippen MR) is 82.4 cm³/mol. The molecule has 0 saturated heterocycles. The Morgan fingerprint density at radius 2 is 1.92 bits per heavy atom. The molecule has 7 nitrogen and oxygen atoms in total. The van der Waals surface area contributed by atoms with Gasteiger partial charge < -0.3 is 15.8 Å². The molecule has 0 aliphatic carbocycles. The Kier molecular flexibility index (Phi) is 5.97. The molecular formula is C15H14F3N5O2. The Labute approximate surface area is 141 Å². The third-order valence-electron chi connectivity index (χ3n) is 2.92. The minimum atomic E-state index is -4.71. The highest BCUT2D eigenvalue weighted by molar-refractivity contribution is 5.60. The summed E-state index contributed by atoms with van der Waals surface area (Å²) in [5, 5.41) is 11.7. The lowest BCUT2D eigenvalue weighted by atomic mass is 10.1. The number of alkyl halides is 3. The van der Waals surface area contributed by atoms with Gasteiger partial charge in [-0.1, -0.05) is 12.1 Å². The number of rotatable bonds is 7. The fourth-order valence-electron chi connectivity index (χ4n) is 1.76.